The average molecular weight is 368 g/mol. The van der Waals surface area contributed by atoms with Crippen LogP contribution in [0.2, 0.25) is 0 Å². The number of hydrogen-bond acceptors (Lipinski definition) is 4. The highest BCUT2D eigenvalue weighted by atomic mass is 16.5. The number of nitrogens with zero attached hydrogens (tertiary/aromatic N) is 1. The highest BCUT2D eigenvalue weighted by molar-refractivity contribution is 5.94. The maximum absolute atomic E-state index is 12.7. The second-order valence-electron chi connectivity index (χ2n) is 6.86. The number of methoxy groups -OCH3 is 2. The van der Waals surface area contributed by atoms with Gasteiger partial charge in [0.25, 0.3) is 5.91 Å². The number of nitrogens with one attached hydrogen (secondary N) is 1. The molecule has 1 heterocycles. The lowest BCUT2D eigenvalue weighted by atomic mass is 9.88. The van der Waals surface area contributed by atoms with Crippen LogP contribution in [0.5, 0.6) is 11.5 Å². The van der Waals surface area contributed by atoms with E-state index in [4.69, 9.17) is 9.47 Å². The van der Waals surface area contributed by atoms with E-state index in [0.717, 1.165) is 31.0 Å². The van der Waals surface area contributed by atoms with Crippen LogP contribution in [0, 0.1) is 0 Å². The number of likely N-dealkylation sites (N-methyl/N-ethyl adjacent to an activating group) is 1. The van der Waals surface area contributed by atoms with Crippen molar-refractivity contribution in [3.05, 3.63) is 59.2 Å². The maximum Gasteiger partial charge on any atom is 0.251 e. The third kappa shape index (κ3) is 3.93. The third-order valence-corrected chi connectivity index (χ3v) is 5.30. The lowest BCUT2D eigenvalue weighted by Crippen LogP contribution is -2.47. The Hall–Kier alpha value is -2.53. The minimum absolute atomic E-state index is 0.0465. The van der Waals surface area contributed by atoms with Crippen molar-refractivity contribution in [2.24, 2.45) is 0 Å². The van der Waals surface area contributed by atoms with Crippen LogP contribution in [0.3, 0.4) is 0 Å². The first kappa shape index (κ1) is 19.2. The van der Waals surface area contributed by atoms with Crippen LogP contribution in [-0.2, 0) is 6.42 Å². The summed E-state index contributed by atoms with van der Waals surface area (Å²) in [4.78, 5) is 15.1. The molecule has 0 saturated heterocycles. The first-order chi connectivity index (χ1) is 13.1. The first-order valence-electron chi connectivity index (χ1n) is 9.43. The number of rotatable bonds is 6. The smallest absolute Gasteiger partial charge is 0.251 e. The number of carbonyl (C=O) groups is 1. The van der Waals surface area contributed by atoms with Crippen molar-refractivity contribution in [2.45, 2.75) is 32.4 Å². The van der Waals surface area contributed by atoms with Gasteiger partial charge in [-0.2, -0.15) is 0 Å². The number of fused-ring (bicyclic) bond motifs is 1. The molecule has 5 nitrogen and oxygen atoms in total. The largest absolute Gasteiger partial charge is 0.493 e. The normalized spacial score (nSPS) is 17.7. The summed E-state index contributed by atoms with van der Waals surface area (Å²) in [5.41, 5.74) is 3.13. The number of carbonyl (C=O) groups excluding carboxylic acids is 1. The van der Waals surface area contributed by atoms with E-state index < -0.39 is 0 Å². The molecular weight excluding hydrogens is 340 g/mol. The molecule has 5 heteroatoms. The second-order valence-corrected chi connectivity index (χ2v) is 6.86. The van der Waals surface area contributed by atoms with Gasteiger partial charge in [0.1, 0.15) is 0 Å². The minimum atomic E-state index is -0.0493. The Morgan fingerprint density at radius 1 is 1.19 bits per heavy atom. The van der Waals surface area contributed by atoms with Gasteiger partial charge in [0.2, 0.25) is 0 Å². The molecule has 2 aromatic rings. The summed E-state index contributed by atoms with van der Waals surface area (Å²) in [6.45, 7) is 6.10. The monoisotopic (exact) mass is 368 g/mol. The lowest BCUT2D eigenvalue weighted by Gasteiger charge is -2.40. The minimum Gasteiger partial charge on any atom is -0.493 e. The fourth-order valence-electron chi connectivity index (χ4n) is 3.93. The molecule has 2 aromatic carbocycles. The number of amides is 1. The topological polar surface area (TPSA) is 50.8 Å². The van der Waals surface area contributed by atoms with Gasteiger partial charge in [-0.25, -0.2) is 0 Å². The SMILES string of the molecule is CCN1CCc2cc(OC)c(OC)cc2[C@H]1[C@@H](C)NC(=O)c1ccccc1. The molecule has 0 bridgehead atoms. The van der Waals surface area contributed by atoms with Crippen LogP contribution < -0.4 is 14.8 Å². The average Bonchev–Trinajstić information content (AvgIpc) is 2.72. The number of hydrogen-bond donors (Lipinski definition) is 1. The Bertz CT molecular complexity index is 792. The number of ether oxygens (including phenoxy) is 2. The van der Waals surface area contributed by atoms with E-state index in [2.05, 4.69) is 36.2 Å². The van der Waals surface area contributed by atoms with Crippen molar-refractivity contribution < 1.29 is 14.3 Å². The van der Waals surface area contributed by atoms with E-state index in [-0.39, 0.29) is 18.0 Å². The Kier molecular flexibility index (Phi) is 6.01. The van der Waals surface area contributed by atoms with Gasteiger partial charge in [-0.3, -0.25) is 9.69 Å². The Labute approximate surface area is 161 Å². The zero-order valence-corrected chi connectivity index (χ0v) is 16.5. The summed E-state index contributed by atoms with van der Waals surface area (Å²) in [6.07, 6.45) is 0.958. The van der Waals surface area contributed by atoms with Crippen molar-refractivity contribution >= 4 is 5.91 Å². The fourth-order valence-corrected chi connectivity index (χ4v) is 3.93. The van der Waals surface area contributed by atoms with Gasteiger partial charge in [0.05, 0.1) is 20.3 Å². The molecule has 0 aliphatic carbocycles. The van der Waals surface area contributed by atoms with Crippen LogP contribution in [0.25, 0.3) is 0 Å². The molecular formula is C22H28N2O3. The summed E-state index contributed by atoms with van der Waals surface area (Å²) in [5.74, 6) is 1.42. The van der Waals surface area contributed by atoms with Crippen LogP contribution in [0.4, 0.5) is 0 Å². The fraction of sp³-hybridized carbons (Fsp3) is 0.409. The van der Waals surface area contributed by atoms with Crippen LogP contribution in [-0.4, -0.2) is 44.2 Å². The zero-order chi connectivity index (χ0) is 19.4. The van der Waals surface area contributed by atoms with Gasteiger partial charge < -0.3 is 14.8 Å². The highest BCUT2D eigenvalue weighted by Gasteiger charge is 2.33. The molecule has 0 radical (unpaired) electrons. The van der Waals surface area contributed by atoms with Crippen LogP contribution >= 0.6 is 0 Å². The molecule has 1 N–H and O–H groups in total. The predicted molar refractivity (Wildman–Crippen MR) is 107 cm³/mol. The first-order valence-corrected chi connectivity index (χ1v) is 9.43. The molecule has 0 unspecified atom stereocenters. The van der Waals surface area contributed by atoms with E-state index >= 15 is 0 Å². The van der Waals surface area contributed by atoms with Gasteiger partial charge in [0, 0.05) is 18.2 Å². The van der Waals surface area contributed by atoms with Gasteiger partial charge in [-0.1, -0.05) is 25.1 Å². The zero-order valence-electron chi connectivity index (χ0n) is 16.5. The summed E-state index contributed by atoms with van der Waals surface area (Å²) in [7, 11) is 3.31. The van der Waals surface area contributed by atoms with Gasteiger partial charge in [-0.15, -0.1) is 0 Å². The molecule has 1 aliphatic rings. The molecule has 2 atom stereocenters. The van der Waals surface area contributed by atoms with Crippen molar-refractivity contribution in [2.75, 3.05) is 27.3 Å². The molecule has 144 valence electrons. The quantitative estimate of drug-likeness (QED) is 0.849. The molecule has 0 saturated carbocycles. The summed E-state index contributed by atoms with van der Waals surface area (Å²) < 4.78 is 11.0. The molecule has 27 heavy (non-hydrogen) atoms. The highest BCUT2D eigenvalue weighted by Crippen LogP contribution is 2.39. The molecule has 0 fully saturated rings. The van der Waals surface area contributed by atoms with E-state index in [1.807, 2.05) is 30.3 Å². The Balaban J connectivity index is 1.92. The van der Waals surface area contributed by atoms with E-state index in [1.54, 1.807) is 14.2 Å². The van der Waals surface area contributed by atoms with E-state index in [1.165, 1.54) is 11.1 Å². The standard InChI is InChI=1S/C22H28N2O3/c1-5-24-12-11-17-13-19(26-3)20(27-4)14-18(17)21(24)15(2)23-22(25)16-9-7-6-8-10-16/h6-10,13-15,21H,5,11-12H2,1-4H3,(H,23,25)/t15-,21-/m1/s1. The lowest BCUT2D eigenvalue weighted by molar-refractivity contribution is 0.0889. The van der Waals surface area contributed by atoms with Crippen LogP contribution in [0.1, 0.15) is 41.4 Å². The van der Waals surface area contributed by atoms with Crippen molar-refractivity contribution in [1.82, 2.24) is 10.2 Å². The van der Waals surface area contributed by atoms with Gasteiger partial charge in [0.15, 0.2) is 11.5 Å². The molecule has 3 rings (SSSR count). The molecule has 1 amide bonds. The van der Waals surface area contributed by atoms with Gasteiger partial charge in [-0.05, 0) is 55.3 Å². The molecule has 0 spiro atoms. The summed E-state index contributed by atoms with van der Waals surface area (Å²) in [5, 5.41) is 3.18. The maximum atomic E-state index is 12.7. The summed E-state index contributed by atoms with van der Waals surface area (Å²) >= 11 is 0. The van der Waals surface area contributed by atoms with Gasteiger partial charge >= 0.3 is 0 Å². The molecule has 0 aromatic heterocycles. The van der Waals surface area contributed by atoms with E-state index in [0.29, 0.717) is 5.56 Å². The molecule has 1 aliphatic heterocycles. The van der Waals surface area contributed by atoms with Crippen molar-refractivity contribution in [3.8, 4) is 11.5 Å². The van der Waals surface area contributed by atoms with E-state index in [9.17, 15) is 4.79 Å². The Morgan fingerprint density at radius 2 is 1.85 bits per heavy atom. The second kappa shape index (κ2) is 8.44. The van der Waals surface area contributed by atoms with Crippen LogP contribution in [0.15, 0.2) is 42.5 Å². The number of benzene rings is 2. The third-order valence-electron chi connectivity index (χ3n) is 5.30. The Morgan fingerprint density at radius 3 is 2.48 bits per heavy atom. The summed E-state index contributed by atoms with van der Waals surface area (Å²) in [6, 6.07) is 13.5. The van der Waals surface area contributed by atoms with Crippen molar-refractivity contribution in [1.29, 1.82) is 0 Å². The van der Waals surface area contributed by atoms with Crippen molar-refractivity contribution in [3.63, 3.8) is 0 Å². The predicted octanol–water partition coefficient (Wildman–Crippen LogP) is 3.44.